The Labute approximate surface area is 158 Å². The van der Waals surface area contributed by atoms with Crippen molar-refractivity contribution in [1.29, 1.82) is 0 Å². The number of hydrogen-bond acceptors (Lipinski definition) is 3. The van der Waals surface area contributed by atoms with Crippen LogP contribution in [0.3, 0.4) is 0 Å². The highest BCUT2D eigenvalue weighted by atomic mass is 35.5. The van der Waals surface area contributed by atoms with Crippen molar-refractivity contribution in [2.45, 2.75) is 57.0 Å². The summed E-state index contributed by atoms with van der Waals surface area (Å²) in [5, 5.41) is 7.69. The number of hydrogen-bond donors (Lipinski definition) is 2. The molecule has 1 aromatic rings. The molecule has 25 heavy (non-hydrogen) atoms. The highest BCUT2D eigenvalue weighted by Gasteiger charge is 2.40. The van der Waals surface area contributed by atoms with E-state index in [1.807, 2.05) is 0 Å². The molecule has 2 aliphatic carbocycles. The molecule has 0 spiro atoms. The predicted octanol–water partition coefficient (Wildman–Crippen LogP) is 3.57. The fourth-order valence-corrected chi connectivity index (χ4v) is 5.05. The van der Waals surface area contributed by atoms with Crippen LogP contribution in [0.5, 0.6) is 0 Å². The monoisotopic (exact) mass is 364 g/mol. The molecule has 3 aliphatic rings. The molecule has 2 saturated carbocycles. The Morgan fingerprint density at radius 2 is 1.96 bits per heavy atom. The second-order valence-corrected chi connectivity index (χ2v) is 8.23. The number of benzene rings is 1. The van der Waals surface area contributed by atoms with Crippen molar-refractivity contribution < 1.29 is 4.74 Å². The van der Waals surface area contributed by atoms with Gasteiger partial charge in [0.15, 0.2) is 0 Å². The maximum Gasteiger partial charge on any atom is 0.0623 e. The van der Waals surface area contributed by atoms with Crippen LogP contribution >= 0.6 is 12.4 Å². The van der Waals surface area contributed by atoms with Gasteiger partial charge >= 0.3 is 0 Å². The molecule has 4 rings (SSSR count). The molecular formula is C21H33ClN2O. The van der Waals surface area contributed by atoms with Gasteiger partial charge in [-0.3, -0.25) is 0 Å². The molecule has 2 N–H and O–H groups in total. The van der Waals surface area contributed by atoms with Crippen LogP contribution in [-0.2, 0) is 11.2 Å². The lowest BCUT2D eigenvalue weighted by molar-refractivity contribution is 0.0494. The fraction of sp³-hybridized carbons (Fsp3) is 0.714. The van der Waals surface area contributed by atoms with Gasteiger partial charge in [0.1, 0.15) is 0 Å². The molecule has 140 valence electrons. The van der Waals surface area contributed by atoms with E-state index < -0.39 is 0 Å². The highest BCUT2D eigenvalue weighted by Crippen LogP contribution is 2.43. The maximum atomic E-state index is 5.71. The molecule has 0 radical (unpaired) electrons. The molecule has 3 unspecified atom stereocenters. The summed E-state index contributed by atoms with van der Waals surface area (Å²) in [6.07, 6.45) is 9.47. The zero-order valence-corrected chi connectivity index (χ0v) is 16.0. The lowest BCUT2D eigenvalue weighted by atomic mass is 9.65. The first-order valence-electron chi connectivity index (χ1n) is 9.93. The number of ether oxygens (including phenoxy) is 1. The molecule has 3 nitrogen and oxygen atoms in total. The standard InChI is InChI=1S/C21H32N2O.ClH/c1-2-6-17(7-3-1)14-21(10-5-11-21)16-23-19-9-4-8-18(19)20-15-24-13-12-22-20;/h1-3,6-7,18-20,22-23H,4-5,8-16H2;1H. The summed E-state index contributed by atoms with van der Waals surface area (Å²) >= 11 is 0. The molecule has 4 heteroatoms. The molecule has 1 heterocycles. The van der Waals surface area contributed by atoms with E-state index in [0.717, 1.165) is 25.7 Å². The summed E-state index contributed by atoms with van der Waals surface area (Å²) in [6, 6.07) is 12.3. The van der Waals surface area contributed by atoms with Crippen molar-refractivity contribution in [2.24, 2.45) is 11.3 Å². The van der Waals surface area contributed by atoms with Crippen LogP contribution in [0.25, 0.3) is 0 Å². The normalized spacial score (nSPS) is 31.1. The van der Waals surface area contributed by atoms with Crippen LogP contribution in [0.2, 0.25) is 0 Å². The highest BCUT2D eigenvalue weighted by molar-refractivity contribution is 5.85. The van der Waals surface area contributed by atoms with E-state index in [-0.39, 0.29) is 12.4 Å². The molecule has 1 aliphatic heterocycles. The van der Waals surface area contributed by atoms with Gasteiger partial charge in [-0.05, 0) is 49.0 Å². The molecular weight excluding hydrogens is 332 g/mol. The quantitative estimate of drug-likeness (QED) is 0.809. The van der Waals surface area contributed by atoms with Gasteiger partial charge in [-0.25, -0.2) is 0 Å². The van der Waals surface area contributed by atoms with E-state index in [2.05, 4.69) is 41.0 Å². The van der Waals surface area contributed by atoms with E-state index >= 15 is 0 Å². The van der Waals surface area contributed by atoms with Crippen molar-refractivity contribution in [3.05, 3.63) is 35.9 Å². The Balaban J connectivity index is 0.00000182. The van der Waals surface area contributed by atoms with Crippen molar-refractivity contribution in [3.63, 3.8) is 0 Å². The number of halogens is 1. The summed E-state index contributed by atoms with van der Waals surface area (Å²) in [5.41, 5.74) is 2.01. The van der Waals surface area contributed by atoms with Gasteiger partial charge in [-0.1, -0.05) is 43.2 Å². The maximum absolute atomic E-state index is 5.71. The molecule has 1 aromatic carbocycles. The van der Waals surface area contributed by atoms with Crippen molar-refractivity contribution >= 4 is 12.4 Å². The van der Waals surface area contributed by atoms with Crippen LogP contribution in [0.15, 0.2) is 30.3 Å². The topological polar surface area (TPSA) is 33.3 Å². The summed E-state index contributed by atoms with van der Waals surface area (Å²) < 4.78 is 5.71. The Morgan fingerprint density at radius 1 is 1.12 bits per heavy atom. The van der Waals surface area contributed by atoms with Gasteiger partial charge in [0, 0.05) is 25.2 Å². The van der Waals surface area contributed by atoms with Gasteiger partial charge in [0.2, 0.25) is 0 Å². The SMILES string of the molecule is Cl.c1ccc(CC2(CNC3CCCC3C3COCCN3)CCC2)cc1. The Hall–Kier alpha value is -0.610. The average Bonchev–Trinajstić information content (AvgIpc) is 3.07. The summed E-state index contributed by atoms with van der Waals surface area (Å²) in [5.74, 6) is 0.749. The Morgan fingerprint density at radius 3 is 2.64 bits per heavy atom. The zero-order chi connectivity index (χ0) is 16.2. The molecule has 3 fully saturated rings. The van der Waals surface area contributed by atoms with Gasteiger partial charge < -0.3 is 15.4 Å². The van der Waals surface area contributed by atoms with Crippen LogP contribution in [0.4, 0.5) is 0 Å². The van der Waals surface area contributed by atoms with E-state index in [0.29, 0.717) is 17.5 Å². The predicted molar refractivity (Wildman–Crippen MR) is 105 cm³/mol. The lowest BCUT2D eigenvalue weighted by Gasteiger charge is -2.44. The fourth-order valence-electron chi connectivity index (χ4n) is 5.05. The minimum atomic E-state index is 0. The second kappa shape index (κ2) is 8.85. The van der Waals surface area contributed by atoms with Crippen molar-refractivity contribution in [1.82, 2.24) is 10.6 Å². The van der Waals surface area contributed by atoms with Crippen LogP contribution in [-0.4, -0.2) is 38.4 Å². The van der Waals surface area contributed by atoms with Gasteiger partial charge in [0.05, 0.1) is 13.2 Å². The zero-order valence-electron chi connectivity index (χ0n) is 15.2. The molecule has 3 atom stereocenters. The first-order valence-corrected chi connectivity index (χ1v) is 9.93. The minimum Gasteiger partial charge on any atom is -0.379 e. The molecule has 1 saturated heterocycles. The summed E-state index contributed by atoms with van der Waals surface area (Å²) in [7, 11) is 0. The van der Waals surface area contributed by atoms with E-state index in [1.165, 1.54) is 57.1 Å². The van der Waals surface area contributed by atoms with Crippen LogP contribution in [0.1, 0.15) is 44.1 Å². The van der Waals surface area contributed by atoms with Gasteiger partial charge in [-0.15, -0.1) is 12.4 Å². The third kappa shape index (κ3) is 4.57. The van der Waals surface area contributed by atoms with Gasteiger partial charge in [0.25, 0.3) is 0 Å². The third-order valence-corrected chi connectivity index (χ3v) is 6.61. The molecule has 0 aromatic heterocycles. The third-order valence-electron chi connectivity index (χ3n) is 6.61. The molecule has 0 amide bonds. The van der Waals surface area contributed by atoms with E-state index in [1.54, 1.807) is 0 Å². The lowest BCUT2D eigenvalue weighted by Crippen LogP contribution is -2.53. The second-order valence-electron chi connectivity index (χ2n) is 8.23. The Kier molecular flexibility index (Phi) is 6.79. The number of morpholine rings is 1. The average molecular weight is 365 g/mol. The van der Waals surface area contributed by atoms with Gasteiger partial charge in [-0.2, -0.15) is 0 Å². The number of rotatable bonds is 6. The van der Waals surface area contributed by atoms with Crippen molar-refractivity contribution in [3.8, 4) is 0 Å². The van der Waals surface area contributed by atoms with Crippen LogP contribution < -0.4 is 10.6 Å². The summed E-state index contributed by atoms with van der Waals surface area (Å²) in [4.78, 5) is 0. The number of nitrogens with one attached hydrogen (secondary N) is 2. The van der Waals surface area contributed by atoms with Crippen LogP contribution in [0, 0.1) is 11.3 Å². The molecule has 0 bridgehead atoms. The smallest absolute Gasteiger partial charge is 0.0623 e. The Bertz CT molecular complexity index is 514. The largest absolute Gasteiger partial charge is 0.379 e. The van der Waals surface area contributed by atoms with E-state index in [9.17, 15) is 0 Å². The first-order chi connectivity index (χ1) is 11.8. The summed E-state index contributed by atoms with van der Waals surface area (Å²) in [6.45, 7) is 3.99. The van der Waals surface area contributed by atoms with E-state index in [4.69, 9.17) is 4.74 Å². The van der Waals surface area contributed by atoms with Crippen molar-refractivity contribution in [2.75, 3.05) is 26.3 Å². The minimum absolute atomic E-state index is 0. The first kappa shape index (κ1) is 19.2.